The summed E-state index contributed by atoms with van der Waals surface area (Å²) in [5.41, 5.74) is 1.14. The number of carbonyl (C=O) groups is 1. The smallest absolute Gasteiger partial charge is 0.323 e. The number of amides is 1. The Kier molecular flexibility index (Phi) is 3.50. The van der Waals surface area contributed by atoms with Gasteiger partial charge in [-0.05, 0) is 19.1 Å². The number of carbonyl (C=O) groups excluding carboxylic acids is 1. The van der Waals surface area contributed by atoms with Gasteiger partial charge in [0.25, 0.3) is 5.91 Å². The molecule has 0 saturated heterocycles. The number of aryl methyl sites for hydroxylation is 1. The van der Waals surface area contributed by atoms with E-state index in [0.29, 0.717) is 22.4 Å². The molecular formula is C14H16N6O2. The van der Waals surface area contributed by atoms with Crippen molar-refractivity contribution in [2.24, 2.45) is 0 Å². The van der Waals surface area contributed by atoms with Crippen LogP contribution in [-0.2, 0) is 6.42 Å². The Hall–Kier alpha value is -2.90. The number of imidazole rings is 1. The van der Waals surface area contributed by atoms with Crippen molar-refractivity contribution < 1.29 is 4.79 Å². The standard InChI is InChI=1S/C14H16N6O2/c1-3-10-17-12(20-19-10)7(2)15-13(21)8-5-4-6-9-11(8)18-14(22)16-9/h4-7H,3H2,1-2H3,(H,15,21)(H2,16,18,22)(H,17,19,20). The van der Waals surface area contributed by atoms with Gasteiger partial charge < -0.3 is 15.3 Å². The minimum absolute atomic E-state index is 0.295. The SMILES string of the molecule is CCc1nc(C(C)NC(=O)c2cccc3[nH]c(=O)[nH]c23)n[nH]1. The number of nitrogens with zero attached hydrogens (tertiary/aromatic N) is 2. The van der Waals surface area contributed by atoms with Gasteiger partial charge in [-0.15, -0.1) is 0 Å². The second-order valence-corrected chi connectivity index (χ2v) is 5.00. The molecule has 8 heteroatoms. The molecule has 0 aliphatic carbocycles. The van der Waals surface area contributed by atoms with Crippen molar-refractivity contribution in [1.29, 1.82) is 0 Å². The van der Waals surface area contributed by atoms with E-state index in [0.717, 1.165) is 12.2 Å². The van der Waals surface area contributed by atoms with Gasteiger partial charge >= 0.3 is 5.69 Å². The number of nitrogens with one attached hydrogen (secondary N) is 4. The molecule has 1 atom stereocenters. The van der Waals surface area contributed by atoms with E-state index >= 15 is 0 Å². The molecule has 0 radical (unpaired) electrons. The van der Waals surface area contributed by atoms with E-state index in [9.17, 15) is 9.59 Å². The summed E-state index contributed by atoms with van der Waals surface area (Å²) in [6.07, 6.45) is 0.748. The quantitative estimate of drug-likeness (QED) is 0.575. The Labute approximate surface area is 125 Å². The van der Waals surface area contributed by atoms with Gasteiger partial charge in [0.15, 0.2) is 5.82 Å². The molecule has 1 unspecified atom stereocenters. The number of H-pyrrole nitrogens is 3. The van der Waals surface area contributed by atoms with Crippen LogP contribution in [0.15, 0.2) is 23.0 Å². The van der Waals surface area contributed by atoms with Gasteiger partial charge in [-0.3, -0.25) is 9.89 Å². The van der Waals surface area contributed by atoms with Gasteiger partial charge in [-0.2, -0.15) is 5.10 Å². The lowest BCUT2D eigenvalue weighted by Gasteiger charge is -2.10. The molecule has 1 amide bonds. The van der Waals surface area contributed by atoms with E-state index in [4.69, 9.17) is 0 Å². The molecule has 114 valence electrons. The normalized spacial score (nSPS) is 12.5. The summed E-state index contributed by atoms with van der Waals surface area (Å²) in [7, 11) is 0. The summed E-state index contributed by atoms with van der Waals surface area (Å²) in [6.45, 7) is 3.77. The van der Waals surface area contributed by atoms with Gasteiger partial charge in [-0.1, -0.05) is 13.0 Å². The molecule has 8 nitrogen and oxygen atoms in total. The summed E-state index contributed by atoms with van der Waals surface area (Å²) < 4.78 is 0. The number of para-hydroxylation sites is 1. The molecule has 0 aliphatic rings. The van der Waals surface area contributed by atoms with Crippen molar-refractivity contribution in [3.63, 3.8) is 0 Å². The number of hydrogen-bond acceptors (Lipinski definition) is 4. The highest BCUT2D eigenvalue weighted by Crippen LogP contribution is 2.15. The monoisotopic (exact) mass is 300 g/mol. The molecule has 3 aromatic rings. The van der Waals surface area contributed by atoms with Crippen molar-refractivity contribution in [1.82, 2.24) is 30.5 Å². The summed E-state index contributed by atoms with van der Waals surface area (Å²) in [6, 6.07) is 4.76. The van der Waals surface area contributed by atoms with Crippen molar-refractivity contribution in [2.75, 3.05) is 0 Å². The van der Waals surface area contributed by atoms with Crippen LogP contribution in [-0.4, -0.2) is 31.1 Å². The zero-order chi connectivity index (χ0) is 15.7. The second-order valence-electron chi connectivity index (χ2n) is 5.00. The summed E-state index contributed by atoms with van der Waals surface area (Å²) in [5.74, 6) is 1.00. The van der Waals surface area contributed by atoms with Crippen LogP contribution < -0.4 is 11.0 Å². The van der Waals surface area contributed by atoms with E-state index in [1.165, 1.54) is 0 Å². The van der Waals surface area contributed by atoms with Gasteiger partial charge in [0, 0.05) is 6.42 Å². The molecule has 1 aromatic carbocycles. The van der Waals surface area contributed by atoms with E-state index < -0.39 is 0 Å². The van der Waals surface area contributed by atoms with E-state index in [1.807, 2.05) is 6.92 Å². The number of benzene rings is 1. The number of aromatic amines is 3. The Balaban J connectivity index is 1.85. The molecule has 2 aromatic heterocycles. The minimum Gasteiger partial charge on any atom is -0.342 e. The Morgan fingerprint density at radius 2 is 2.18 bits per heavy atom. The first-order valence-corrected chi connectivity index (χ1v) is 7.01. The van der Waals surface area contributed by atoms with Crippen molar-refractivity contribution >= 4 is 16.9 Å². The van der Waals surface area contributed by atoms with Crippen LogP contribution >= 0.6 is 0 Å². The first kappa shape index (κ1) is 14.1. The van der Waals surface area contributed by atoms with Crippen LogP contribution in [0.2, 0.25) is 0 Å². The van der Waals surface area contributed by atoms with Crippen LogP contribution in [0.5, 0.6) is 0 Å². The van der Waals surface area contributed by atoms with E-state index in [-0.39, 0.29) is 17.6 Å². The van der Waals surface area contributed by atoms with Gasteiger partial charge in [0.1, 0.15) is 5.82 Å². The predicted octanol–water partition coefficient (Wildman–Crippen LogP) is 1.03. The van der Waals surface area contributed by atoms with Crippen molar-refractivity contribution in [3.05, 3.63) is 45.9 Å². The summed E-state index contributed by atoms with van der Waals surface area (Å²) >= 11 is 0. The van der Waals surface area contributed by atoms with Gasteiger partial charge in [0.2, 0.25) is 0 Å². The molecule has 4 N–H and O–H groups in total. The summed E-state index contributed by atoms with van der Waals surface area (Å²) in [4.78, 5) is 33.3. The first-order valence-electron chi connectivity index (χ1n) is 7.01. The number of fused-ring (bicyclic) bond motifs is 1. The average molecular weight is 300 g/mol. The highest BCUT2D eigenvalue weighted by Gasteiger charge is 2.17. The fourth-order valence-electron chi connectivity index (χ4n) is 2.25. The fourth-order valence-corrected chi connectivity index (χ4v) is 2.25. The Morgan fingerprint density at radius 3 is 2.91 bits per heavy atom. The van der Waals surface area contributed by atoms with E-state index in [2.05, 4.69) is 30.5 Å². The molecule has 22 heavy (non-hydrogen) atoms. The van der Waals surface area contributed by atoms with Crippen LogP contribution in [0, 0.1) is 0 Å². The Bertz CT molecular complexity index is 875. The topological polar surface area (TPSA) is 119 Å². The third-order valence-electron chi connectivity index (χ3n) is 3.41. The number of rotatable bonds is 4. The first-order chi connectivity index (χ1) is 10.6. The maximum absolute atomic E-state index is 12.4. The van der Waals surface area contributed by atoms with Gasteiger partial charge in [-0.25, -0.2) is 9.78 Å². The van der Waals surface area contributed by atoms with Crippen LogP contribution in [0.25, 0.3) is 11.0 Å². The third kappa shape index (κ3) is 2.50. The molecule has 0 saturated carbocycles. The molecule has 0 aliphatic heterocycles. The Morgan fingerprint density at radius 1 is 1.36 bits per heavy atom. The lowest BCUT2D eigenvalue weighted by molar-refractivity contribution is 0.0940. The third-order valence-corrected chi connectivity index (χ3v) is 3.41. The second kappa shape index (κ2) is 5.47. The lowest BCUT2D eigenvalue weighted by Crippen LogP contribution is -2.27. The van der Waals surface area contributed by atoms with Crippen molar-refractivity contribution in [2.45, 2.75) is 26.3 Å². The summed E-state index contributed by atoms with van der Waals surface area (Å²) in [5, 5.41) is 9.73. The molecule has 0 bridgehead atoms. The van der Waals surface area contributed by atoms with Gasteiger partial charge in [0.05, 0.1) is 22.6 Å². The zero-order valence-corrected chi connectivity index (χ0v) is 12.2. The van der Waals surface area contributed by atoms with Crippen LogP contribution in [0.3, 0.4) is 0 Å². The zero-order valence-electron chi connectivity index (χ0n) is 12.2. The maximum atomic E-state index is 12.4. The highest BCUT2D eigenvalue weighted by atomic mass is 16.2. The number of aromatic nitrogens is 5. The fraction of sp³-hybridized carbons (Fsp3) is 0.286. The highest BCUT2D eigenvalue weighted by molar-refractivity contribution is 6.04. The molecular weight excluding hydrogens is 284 g/mol. The van der Waals surface area contributed by atoms with E-state index in [1.54, 1.807) is 25.1 Å². The molecule has 2 heterocycles. The van der Waals surface area contributed by atoms with Crippen LogP contribution in [0.1, 0.15) is 41.9 Å². The average Bonchev–Trinajstić information content (AvgIpc) is 3.11. The minimum atomic E-state index is -0.343. The lowest BCUT2D eigenvalue weighted by atomic mass is 10.1. The molecule has 3 rings (SSSR count). The maximum Gasteiger partial charge on any atom is 0.323 e. The number of hydrogen-bond donors (Lipinski definition) is 4. The van der Waals surface area contributed by atoms with Crippen molar-refractivity contribution in [3.8, 4) is 0 Å². The van der Waals surface area contributed by atoms with Crippen LogP contribution in [0.4, 0.5) is 0 Å². The largest absolute Gasteiger partial charge is 0.342 e. The molecule has 0 spiro atoms. The predicted molar refractivity (Wildman–Crippen MR) is 80.6 cm³/mol. The molecule has 0 fully saturated rings.